The van der Waals surface area contributed by atoms with Gasteiger partial charge in [-0.05, 0) is 45.2 Å². The zero-order valence-electron chi connectivity index (χ0n) is 13.4. The van der Waals surface area contributed by atoms with Crippen LogP contribution >= 0.6 is 0 Å². The van der Waals surface area contributed by atoms with Gasteiger partial charge in [0.15, 0.2) is 5.69 Å². The van der Waals surface area contributed by atoms with Crippen LogP contribution in [0.5, 0.6) is 0 Å². The highest BCUT2D eigenvalue weighted by atomic mass is 16.2. The highest BCUT2D eigenvalue weighted by Gasteiger charge is 2.28. The Labute approximate surface area is 126 Å². The molecule has 0 unspecified atom stereocenters. The number of rotatable bonds is 6. The minimum absolute atomic E-state index is 0.110. The van der Waals surface area contributed by atoms with Crippen molar-refractivity contribution in [3.63, 3.8) is 0 Å². The van der Waals surface area contributed by atoms with Crippen LogP contribution in [0.3, 0.4) is 0 Å². The van der Waals surface area contributed by atoms with E-state index in [0.29, 0.717) is 11.7 Å². The van der Waals surface area contributed by atoms with Crippen LogP contribution in [0.2, 0.25) is 0 Å². The molecular formula is C15H27N5O. The normalized spacial score (nSPS) is 16.9. The number of carbonyl (C=O) groups excluding carboxylic acids is 1. The van der Waals surface area contributed by atoms with Gasteiger partial charge >= 0.3 is 0 Å². The zero-order chi connectivity index (χ0) is 15.3. The molecule has 0 aromatic carbocycles. The van der Waals surface area contributed by atoms with E-state index in [1.54, 1.807) is 6.20 Å². The Morgan fingerprint density at radius 3 is 2.52 bits per heavy atom. The number of carbonyl (C=O) groups is 1. The molecule has 1 aliphatic heterocycles. The number of amides is 1. The first-order valence-corrected chi connectivity index (χ1v) is 8.09. The van der Waals surface area contributed by atoms with Gasteiger partial charge in [0.2, 0.25) is 0 Å². The average Bonchev–Trinajstić information content (AvgIpc) is 3.04. The summed E-state index contributed by atoms with van der Waals surface area (Å²) in [4.78, 5) is 12.4. The van der Waals surface area contributed by atoms with Gasteiger partial charge < -0.3 is 10.6 Å². The monoisotopic (exact) mass is 293 g/mol. The second-order valence-corrected chi connectivity index (χ2v) is 5.86. The van der Waals surface area contributed by atoms with Crippen LogP contribution < -0.4 is 10.6 Å². The minimum Gasteiger partial charge on any atom is -0.345 e. The number of hydrogen-bond acceptors (Lipinski definition) is 4. The van der Waals surface area contributed by atoms with Gasteiger partial charge in [-0.3, -0.25) is 4.79 Å². The molecule has 1 amide bonds. The first-order chi connectivity index (χ1) is 10.1. The van der Waals surface area contributed by atoms with Gasteiger partial charge in [-0.2, -0.15) is 0 Å². The fraction of sp³-hybridized carbons (Fsp3) is 0.800. The highest BCUT2D eigenvalue weighted by Crippen LogP contribution is 2.20. The number of piperidine rings is 1. The molecule has 1 aromatic rings. The van der Waals surface area contributed by atoms with Gasteiger partial charge in [-0.1, -0.05) is 26.0 Å². The van der Waals surface area contributed by atoms with Crippen LogP contribution in [-0.4, -0.2) is 39.5 Å². The molecule has 1 aromatic heterocycles. The molecule has 2 N–H and O–H groups in total. The molecule has 1 fully saturated rings. The predicted molar refractivity (Wildman–Crippen MR) is 82.2 cm³/mol. The SMILES string of the molecule is CCC(CC)(CC)NC(=O)c1cn(C2CCNCC2)nn1. The predicted octanol–water partition coefficient (Wildman–Crippen LogP) is 1.90. The number of hydrogen-bond donors (Lipinski definition) is 2. The topological polar surface area (TPSA) is 71.8 Å². The molecule has 21 heavy (non-hydrogen) atoms. The van der Waals surface area contributed by atoms with Gasteiger partial charge in [0.25, 0.3) is 5.91 Å². The van der Waals surface area contributed by atoms with Crippen molar-refractivity contribution in [1.29, 1.82) is 0 Å². The zero-order valence-corrected chi connectivity index (χ0v) is 13.4. The number of aromatic nitrogens is 3. The van der Waals surface area contributed by atoms with Crippen LogP contribution in [0.25, 0.3) is 0 Å². The molecule has 6 heteroatoms. The Balaban J connectivity index is 2.04. The van der Waals surface area contributed by atoms with Crippen LogP contribution in [0, 0.1) is 0 Å². The summed E-state index contributed by atoms with van der Waals surface area (Å²) < 4.78 is 1.85. The Morgan fingerprint density at radius 2 is 1.95 bits per heavy atom. The van der Waals surface area contributed by atoms with Crippen molar-refractivity contribution in [2.24, 2.45) is 0 Å². The maximum atomic E-state index is 12.4. The molecule has 0 radical (unpaired) electrons. The summed E-state index contributed by atoms with van der Waals surface area (Å²) in [5.74, 6) is -0.110. The van der Waals surface area contributed by atoms with Crippen molar-refractivity contribution in [1.82, 2.24) is 25.6 Å². The molecule has 0 bridgehead atoms. The lowest BCUT2D eigenvalue weighted by atomic mass is 9.89. The lowest BCUT2D eigenvalue weighted by Crippen LogP contribution is -2.47. The molecular weight excluding hydrogens is 266 g/mol. The third kappa shape index (κ3) is 3.61. The Morgan fingerprint density at radius 1 is 1.33 bits per heavy atom. The van der Waals surface area contributed by atoms with E-state index < -0.39 is 0 Å². The first-order valence-electron chi connectivity index (χ1n) is 8.09. The maximum Gasteiger partial charge on any atom is 0.273 e. The summed E-state index contributed by atoms with van der Waals surface area (Å²) in [5.41, 5.74) is 0.295. The van der Waals surface area contributed by atoms with Crippen molar-refractivity contribution in [2.75, 3.05) is 13.1 Å². The van der Waals surface area contributed by atoms with Gasteiger partial charge in [-0.25, -0.2) is 4.68 Å². The van der Waals surface area contributed by atoms with Gasteiger partial charge in [0.05, 0.1) is 12.2 Å². The molecule has 0 spiro atoms. The van der Waals surface area contributed by atoms with Gasteiger partial charge in [-0.15, -0.1) is 5.10 Å². The fourth-order valence-electron chi connectivity index (χ4n) is 2.95. The first kappa shape index (κ1) is 15.9. The maximum absolute atomic E-state index is 12.4. The number of nitrogens with zero attached hydrogens (tertiary/aromatic N) is 3. The smallest absolute Gasteiger partial charge is 0.273 e. The van der Waals surface area contributed by atoms with Crippen LogP contribution in [0.4, 0.5) is 0 Å². The van der Waals surface area contributed by atoms with E-state index in [-0.39, 0.29) is 11.4 Å². The largest absolute Gasteiger partial charge is 0.345 e. The third-order valence-electron chi connectivity index (χ3n) is 4.83. The van der Waals surface area contributed by atoms with E-state index >= 15 is 0 Å². The molecule has 2 rings (SSSR count). The van der Waals surface area contributed by atoms with Crippen LogP contribution in [0.1, 0.15) is 69.4 Å². The Kier molecular flexibility index (Phi) is 5.33. The summed E-state index contributed by atoms with van der Waals surface area (Å²) >= 11 is 0. The second kappa shape index (κ2) is 7.02. The summed E-state index contributed by atoms with van der Waals surface area (Å²) in [6, 6.07) is 0.355. The van der Waals surface area contributed by atoms with Crippen LogP contribution in [-0.2, 0) is 0 Å². The van der Waals surface area contributed by atoms with Crippen molar-refractivity contribution >= 4 is 5.91 Å². The lowest BCUT2D eigenvalue weighted by Gasteiger charge is -2.31. The summed E-state index contributed by atoms with van der Waals surface area (Å²) in [6.45, 7) is 8.32. The molecule has 2 heterocycles. The quantitative estimate of drug-likeness (QED) is 0.840. The molecule has 118 valence electrons. The molecule has 1 saturated heterocycles. The summed E-state index contributed by atoms with van der Waals surface area (Å²) in [6.07, 6.45) is 6.63. The van der Waals surface area contributed by atoms with E-state index in [0.717, 1.165) is 45.2 Å². The Bertz CT molecular complexity index is 452. The van der Waals surface area contributed by atoms with Crippen molar-refractivity contribution in [3.8, 4) is 0 Å². The average molecular weight is 293 g/mol. The number of nitrogens with one attached hydrogen (secondary N) is 2. The van der Waals surface area contributed by atoms with Crippen molar-refractivity contribution in [3.05, 3.63) is 11.9 Å². The van der Waals surface area contributed by atoms with Crippen molar-refractivity contribution < 1.29 is 4.79 Å². The van der Waals surface area contributed by atoms with E-state index in [4.69, 9.17) is 0 Å². The standard InChI is InChI=1S/C15H27N5O/c1-4-15(5-2,6-3)17-14(21)13-11-20(19-18-13)12-7-9-16-10-8-12/h11-12,16H,4-10H2,1-3H3,(H,17,21). The van der Waals surface area contributed by atoms with Gasteiger partial charge in [0, 0.05) is 5.54 Å². The minimum atomic E-state index is -0.129. The van der Waals surface area contributed by atoms with E-state index in [1.807, 2.05) is 4.68 Å². The highest BCUT2D eigenvalue weighted by molar-refractivity contribution is 5.92. The third-order valence-corrected chi connectivity index (χ3v) is 4.83. The van der Waals surface area contributed by atoms with Crippen LogP contribution in [0.15, 0.2) is 6.20 Å². The molecule has 0 saturated carbocycles. The second-order valence-electron chi connectivity index (χ2n) is 5.86. The molecule has 6 nitrogen and oxygen atoms in total. The molecule has 1 aliphatic rings. The lowest BCUT2D eigenvalue weighted by molar-refractivity contribution is 0.0883. The Hall–Kier alpha value is -1.43. The summed E-state index contributed by atoms with van der Waals surface area (Å²) in [7, 11) is 0. The molecule has 0 atom stereocenters. The van der Waals surface area contributed by atoms with E-state index in [2.05, 4.69) is 41.7 Å². The fourth-order valence-corrected chi connectivity index (χ4v) is 2.95. The molecule has 0 aliphatic carbocycles. The van der Waals surface area contributed by atoms with Gasteiger partial charge in [0.1, 0.15) is 0 Å². The summed E-state index contributed by atoms with van der Waals surface area (Å²) in [5, 5.41) is 14.7. The van der Waals surface area contributed by atoms with E-state index in [1.165, 1.54) is 0 Å². The van der Waals surface area contributed by atoms with E-state index in [9.17, 15) is 4.79 Å². The van der Waals surface area contributed by atoms with Crippen molar-refractivity contribution in [2.45, 2.75) is 64.5 Å².